The van der Waals surface area contributed by atoms with E-state index in [4.69, 9.17) is 4.42 Å². The Bertz CT molecular complexity index is 1720. The fraction of sp³-hybridized carbons (Fsp3) is 0.0968. The first-order chi connectivity index (χ1) is 16.1. The number of rotatable bonds is 2. The Kier molecular flexibility index (Phi) is 3.64. The lowest BCUT2D eigenvalue weighted by molar-refractivity contribution is 0.660. The van der Waals surface area contributed by atoms with Gasteiger partial charge >= 0.3 is 0 Å². The lowest BCUT2D eigenvalue weighted by Gasteiger charge is -2.21. The number of para-hydroxylation sites is 1. The predicted molar refractivity (Wildman–Crippen MR) is 139 cm³/mol. The largest absolute Gasteiger partial charge is 0.456 e. The third-order valence-corrected chi connectivity index (χ3v) is 7.26. The normalized spacial score (nSPS) is 14.0. The highest BCUT2D eigenvalue weighted by atomic mass is 16.3. The first-order valence-electron chi connectivity index (χ1n) is 11.5. The van der Waals surface area contributed by atoms with E-state index in [1.807, 2.05) is 12.1 Å². The number of benzene rings is 5. The molecule has 5 aromatic carbocycles. The second kappa shape index (κ2) is 6.49. The molecule has 0 atom stereocenters. The summed E-state index contributed by atoms with van der Waals surface area (Å²) in [7, 11) is 0. The van der Waals surface area contributed by atoms with E-state index >= 15 is 0 Å². The molecule has 158 valence electrons. The molecule has 0 unspecified atom stereocenters. The second-order valence-electron chi connectivity index (χ2n) is 9.46. The van der Waals surface area contributed by atoms with Crippen molar-refractivity contribution in [1.82, 2.24) is 0 Å². The van der Waals surface area contributed by atoms with Crippen molar-refractivity contribution in [3.05, 3.63) is 108 Å². The van der Waals surface area contributed by atoms with E-state index in [1.165, 1.54) is 38.4 Å². The van der Waals surface area contributed by atoms with Crippen molar-refractivity contribution in [2.24, 2.45) is 0 Å². The summed E-state index contributed by atoms with van der Waals surface area (Å²) in [6.45, 7) is 4.64. The molecule has 1 heterocycles. The quantitative estimate of drug-likeness (QED) is 0.300. The van der Waals surface area contributed by atoms with Gasteiger partial charge < -0.3 is 9.73 Å². The minimum atomic E-state index is -0.0175. The van der Waals surface area contributed by atoms with Gasteiger partial charge in [0, 0.05) is 38.5 Å². The van der Waals surface area contributed by atoms with Gasteiger partial charge in [-0.15, -0.1) is 0 Å². The molecule has 0 saturated carbocycles. The van der Waals surface area contributed by atoms with E-state index in [1.54, 1.807) is 0 Å². The minimum absolute atomic E-state index is 0.0175. The van der Waals surface area contributed by atoms with E-state index in [0.717, 1.165) is 27.9 Å². The van der Waals surface area contributed by atoms with Gasteiger partial charge in [-0.1, -0.05) is 86.6 Å². The Balaban J connectivity index is 1.50. The van der Waals surface area contributed by atoms with Gasteiger partial charge in [0.05, 0.1) is 0 Å². The van der Waals surface area contributed by atoms with Crippen LogP contribution in [0.4, 0.5) is 11.4 Å². The van der Waals surface area contributed by atoms with Crippen molar-refractivity contribution in [3.63, 3.8) is 0 Å². The van der Waals surface area contributed by atoms with Gasteiger partial charge in [-0.05, 0) is 46.3 Å². The first-order valence-corrected chi connectivity index (χ1v) is 11.5. The van der Waals surface area contributed by atoms with E-state index in [2.05, 4.69) is 104 Å². The summed E-state index contributed by atoms with van der Waals surface area (Å²) in [5, 5.41) is 8.55. The van der Waals surface area contributed by atoms with Gasteiger partial charge in [0.15, 0.2) is 0 Å². The van der Waals surface area contributed by atoms with Crippen LogP contribution in [0.15, 0.2) is 101 Å². The minimum Gasteiger partial charge on any atom is -0.456 e. The zero-order chi connectivity index (χ0) is 22.2. The summed E-state index contributed by atoms with van der Waals surface area (Å²) in [5.74, 6) is 0. The number of hydrogen-bond acceptors (Lipinski definition) is 2. The molecule has 2 nitrogen and oxygen atoms in total. The van der Waals surface area contributed by atoms with Crippen molar-refractivity contribution in [2.75, 3.05) is 5.32 Å². The van der Waals surface area contributed by atoms with Crippen molar-refractivity contribution in [1.29, 1.82) is 0 Å². The molecular formula is C31H23NO. The summed E-state index contributed by atoms with van der Waals surface area (Å²) < 4.78 is 6.19. The molecule has 0 amide bonds. The summed E-state index contributed by atoms with van der Waals surface area (Å²) in [4.78, 5) is 0. The van der Waals surface area contributed by atoms with Crippen LogP contribution in [0, 0.1) is 0 Å². The summed E-state index contributed by atoms with van der Waals surface area (Å²) in [6, 6.07) is 34.4. The van der Waals surface area contributed by atoms with Crippen LogP contribution in [-0.2, 0) is 5.41 Å². The highest BCUT2D eigenvalue weighted by molar-refractivity contribution is 6.22. The molecule has 2 heteroatoms. The Morgan fingerprint density at radius 3 is 2.30 bits per heavy atom. The first kappa shape index (κ1) is 18.5. The van der Waals surface area contributed by atoms with Crippen LogP contribution in [0.25, 0.3) is 43.8 Å². The summed E-state index contributed by atoms with van der Waals surface area (Å²) in [5.41, 5.74) is 9.44. The molecule has 0 fully saturated rings. The molecule has 1 aromatic heterocycles. The summed E-state index contributed by atoms with van der Waals surface area (Å²) in [6.07, 6.45) is 0. The van der Waals surface area contributed by atoms with E-state index in [0.29, 0.717) is 0 Å². The molecule has 0 aliphatic heterocycles. The smallest absolute Gasteiger partial charge is 0.136 e. The molecule has 0 radical (unpaired) electrons. The number of nitrogens with one attached hydrogen (secondary N) is 1. The highest BCUT2D eigenvalue weighted by Gasteiger charge is 2.36. The van der Waals surface area contributed by atoms with Crippen LogP contribution in [0.5, 0.6) is 0 Å². The second-order valence-corrected chi connectivity index (χ2v) is 9.46. The van der Waals surface area contributed by atoms with E-state index < -0.39 is 0 Å². The Labute approximate surface area is 192 Å². The van der Waals surface area contributed by atoms with Gasteiger partial charge in [0.2, 0.25) is 0 Å². The highest BCUT2D eigenvalue weighted by Crippen LogP contribution is 2.52. The van der Waals surface area contributed by atoms with Crippen molar-refractivity contribution >= 4 is 44.1 Å². The summed E-state index contributed by atoms with van der Waals surface area (Å²) >= 11 is 0. The van der Waals surface area contributed by atoms with Crippen molar-refractivity contribution < 1.29 is 4.42 Å². The molecular weight excluding hydrogens is 402 g/mol. The molecule has 0 bridgehead atoms. The van der Waals surface area contributed by atoms with Gasteiger partial charge in [-0.3, -0.25) is 0 Å². The third kappa shape index (κ3) is 2.49. The van der Waals surface area contributed by atoms with Crippen LogP contribution in [0.1, 0.15) is 25.0 Å². The molecule has 33 heavy (non-hydrogen) atoms. The maximum absolute atomic E-state index is 6.19. The van der Waals surface area contributed by atoms with Crippen molar-refractivity contribution in [2.45, 2.75) is 19.3 Å². The molecule has 7 rings (SSSR count). The fourth-order valence-electron chi connectivity index (χ4n) is 5.70. The Morgan fingerprint density at radius 1 is 0.606 bits per heavy atom. The molecule has 1 aliphatic rings. The lowest BCUT2D eigenvalue weighted by Crippen LogP contribution is -2.14. The molecule has 1 aliphatic carbocycles. The number of hydrogen-bond donors (Lipinski definition) is 1. The Hall–Kier alpha value is -4.04. The number of fused-ring (bicyclic) bond motifs is 8. The Morgan fingerprint density at radius 2 is 1.36 bits per heavy atom. The van der Waals surface area contributed by atoms with E-state index in [-0.39, 0.29) is 5.41 Å². The molecule has 0 spiro atoms. The standard InChI is InChI=1S/C31H23NO/c1-31(2)22-12-5-3-10-20(22)29-23(31)13-8-15-25(29)32-24-14-7-9-19-17-18-27-30(28(19)24)21-11-4-6-16-26(21)33-27/h3-18,32H,1-2H3. The average Bonchev–Trinajstić information content (AvgIpc) is 3.33. The van der Waals surface area contributed by atoms with Crippen LogP contribution < -0.4 is 5.32 Å². The average molecular weight is 426 g/mol. The van der Waals surface area contributed by atoms with E-state index in [9.17, 15) is 0 Å². The zero-order valence-corrected chi connectivity index (χ0v) is 18.6. The molecule has 6 aromatic rings. The molecule has 0 saturated heterocycles. The molecule has 1 N–H and O–H groups in total. The predicted octanol–water partition coefficient (Wildman–Crippen LogP) is 8.79. The lowest BCUT2D eigenvalue weighted by atomic mass is 9.82. The van der Waals surface area contributed by atoms with Gasteiger partial charge in [0.1, 0.15) is 11.2 Å². The number of furan rings is 1. The zero-order valence-electron chi connectivity index (χ0n) is 18.6. The fourth-order valence-corrected chi connectivity index (χ4v) is 5.70. The van der Waals surface area contributed by atoms with Crippen LogP contribution in [-0.4, -0.2) is 0 Å². The van der Waals surface area contributed by atoms with Crippen LogP contribution in [0.2, 0.25) is 0 Å². The van der Waals surface area contributed by atoms with Gasteiger partial charge in [-0.25, -0.2) is 0 Å². The van der Waals surface area contributed by atoms with Crippen LogP contribution in [0.3, 0.4) is 0 Å². The van der Waals surface area contributed by atoms with Crippen molar-refractivity contribution in [3.8, 4) is 11.1 Å². The monoisotopic (exact) mass is 425 g/mol. The number of anilines is 2. The van der Waals surface area contributed by atoms with Crippen LogP contribution >= 0.6 is 0 Å². The maximum atomic E-state index is 6.19. The maximum Gasteiger partial charge on any atom is 0.136 e. The van der Waals surface area contributed by atoms with Gasteiger partial charge in [0.25, 0.3) is 0 Å². The van der Waals surface area contributed by atoms with Gasteiger partial charge in [-0.2, -0.15) is 0 Å². The SMILES string of the molecule is CC1(C)c2ccccc2-c2c(Nc3cccc4ccc5oc6ccccc6c5c34)cccc21. The topological polar surface area (TPSA) is 25.2 Å². The third-order valence-electron chi connectivity index (χ3n) is 7.26.